The number of benzene rings is 1. The van der Waals surface area contributed by atoms with E-state index in [2.05, 4.69) is 11.4 Å². The number of hydrogen-bond donors (Lipinski definition) is 1. The van der Waals surface area contributed by atoms with Crippen molar-refractivity contribution in [3.8, 4) is 5.75 Å². The number of anilines is 1. The maximum Gasteiger partial charge on any atom is 0.227 e. The van der Waals surface area contributed by atoms with Crippen LogP contribution >= 0.6 is 0 Å². The molecule has 0 radical (unpaired) electrons. The van der Waals surface area contributed by atoms with Crippen molar-refractivity contribution in [1.82, 2.24) is 0 Å². The molecule has 1 aliphatic heterocycles. The molecule has 0 spiro atoms. The minimum atomic E-state index is 0.138. The minimum Gasteiger partial charge on any atom is -0.491 e. The van der Waals surface area contributed by atoms with E-state index in [1.54, 1.807) is 0 Å². The van der Waals surface area contributed by atoms with Crippen LogP contribution in [0.25, 0.3) is 0 Å². The third-order valence-electron chi connectivity index (χ3n) is 2.92. The molecule has 3 nitrogen and oxygen atoms in total. The molecular formula is C12H13NO2. The smallest absolute Gasteiger partial charge is 0.227 e. The molecule has 1 aromatic rings. The van der Waals surface area contributed by atoms with Crippen LogP contribution in [-0.2, 0) is 11.2 Å². The van der Waals surface area contributed by atoms with Crippen LogP contribution in [0, 0.1) is 5.92 Å². The Kier molecular flexibility index (Phi) is 1.91. The van der Waals surface area contributed by atoms with E-state index in [9.17, 15) is 4.79 Å². The van der Waals surface area contributed by atoms with Crippen molar-refractivity contribution >= 4 is 11.6 Å². The molecule has 1 aromatic carbocycles. The van der Waals surface area contributed by atoms with Gasteiger partial charge in [0.05, 0.1) is 12.3 Å². The van der Waals surface area contributed by atoms with E-state index in [0.29, 0.717) is 0 Å². The molecule has 2 aliphatic rings. The first-order valence-electron chi connectivity index (χ1n) is 5.40. The quantitative estimate of drug-likeness (QED) is 0.798. The fourth-order valence-electron chi connectivity index (χ4n) is 1.89. The number of carbonyl (C=O) groups excluding carboxylic acids is 1. The standard InChI is InChI=1S/C12H13NO2/c14-12(9-4-5-9)13-10-3-1-2-8-6-7-15-11(8)10/h1-3,9H,4-7H2,(H,13,14). The fraction of sp³-hybridized carbons (Fsp3) is 0.417. The van der Waals surface area contributed by atoms with Crippen molar-refractivity contribution in [2.24, 2.45) is 5.92 Å². The molecule has 1 aliphatic carbocycles. The summed E-state index contributed by atoms with van der Waals surface area (Å²) in [6.45, 7) is 0.728. The van der Waals surface area contributed by atoms with Crippen molar-refractivity contribution in [2.75, 3.05) is 11.9 Å². The van der Waals surface area contributed by atoms with Crippen LogP contribution in [0.1, 0.15) is 18.4 Å². The second-order valence-corrected chi connectivity index (χ2v) is 4.16. The summed E-state index contributed by atoms with van der Waals surface area (Å²) < 4.78 is 5.52. The molecule has 1 amide bonds. The summed E-state index contributed by atoms with van der Waals surface area (Å²) in [5, 5.41) is 2.94. The highest BCUT2D eigenvalue weighted by Crippen LogP contribution is 2.36. The maximum absolute atomic E-state index is 11.6. The van der Waals surface area contributed by atoms with Gasteiger partial charge in [0.2, 0.25) is 5.91 Å². The second-order valence-electron chi connectivity index (χ2n) is 4.16. The molecule has 1 N–H and O–H groups in total. The predicted octanol–water partition coefficient (Wildman–Crippen LogP) is 1.97. The van der Waals surface area contributed by atoms with Crippen molar-refractivity contribution < 1.29 is 9.53 Å². The van der Waals surface area contributed by atoms with Gasteiger partial charge in [0.25, 0.3) is 0 Å². The zero-order valence-electron chi connectivity index (χ0n) is 8.45. The molecule has 1 heterocycles. The molecule has 0 bridgehead atoms. The van der Waals surface area contributed by atoms with E-state index >= 15 is 0 Å². The minimum absolute atomic E-state index is 0.138. The van der Waals surface area contributed by atoms with Crippen LogP contribution in [-0.4, -0.2) is 12.5 Å². The van der Waals surface area contributed by atoms with Crippen molar-refractivity contribution in [2.45, 2.75) is 19.3 Å². The SMILES string of the molecule is O=C(Nc1cccc2c1OCC2)C1CC1. The molecule has 3 rings (SSSR count). The highest BCUT2D eigenvalue weighted by Gasteiger charge is 2.30. The lowest BCUT2D eigenvalue weighted by Crippen LogP contribution is -2.13. The Morgan fingerprint density at radius 2 is 2.27 bits per heavy atom. The maximum atomic E-state index is 11.6. The van der Waals surface area contributed by atoms with Gasteiger partial charge < -0.3 is 10.1 Å². The van der Waals surface area contributed by atoms with Gasteiger partial charge in [-0.25, -0.2) is 0 Å². The van der Waals surface area contributed by atoms with Gasteiger partial charge in [0.1, 0.15) is 5.75 Å². The number of para-hydroxylation sites is 1. The summed E-state index contributed by atoms with van der Waals surface area (Å²) in [5.41, 5.74) is 2.03. The first-order chi connectivity index (χ1) is 7.34. The third-order valence-corrected chi connectivity index (χ3v) is 2.92. The molecule has 78 valence electrons. The van der Waals surface area contributed by atoms with Crippen LogP contribution in [0.15, 0.2) is 18.2 Å². The zero-order valence-corrected chi connectivity index (χ0v) is 8.45. The highest BCUT2D eigenvalue weighted by molar-refractivity contribution is 5.95. The van der Waals surface area contributed by atoms with Crippen LogP contribution in [0.2, 0.25) is 0 Å². The van der Waals surface area contributed by atoms with E-state index in [1.807, 2.05) is 12.1 Å². The average molecular weight is 203 g/mol. The number of carbonyl (C=O) groups is 1. The largest absolute Gasteiger partial charge is 0.491 e. The number of nitrogens with one attached hydrogen (secondary N) is 1. The number of ether oxygens (including phenoxy) is 1. The summed E-state index contributed by atoms with van der Waals surface area (Å²) in [7, 11) is 0. The Hall–Kier alpha value is -1.51. The Morgan fingerprint density at radius 1 is 1.40 bits per heavy atom. The molecule has 0 atom stereocenters. The monoisotopic (exact) mass is 203 g/mol. The van der Waals surface area contributed by atoms with Crippen LogP contribution < -0.4 is 10.1 Å². The number of amides is 1. The molecule has 0 unspecified atom stereocenters. The number of hydrogen-bond acceptors (Lipinski definition) is 2. The first kappa shape index (κ1) is 8.77. The lowest BCUT2D eigenvalue weighted by atomic mass is 10.1. The van der Waals surface area contributed by atoms with Gasteiger partial charge in [-0.1, -0.05) is 12.1 Å². The molecule has 3 heteroatoms. The Morgan fingerprint density at radius 3 is 3.07 bits per heavy atom. The van der Waals surface area contributed by atoms with Crippen molar-refractivity contribution in [3.63, 3.8) is 0 Å². The van der Waals surface area contributed by atoms with Crippen LogP contribution in [0.5, 0.6) is 5.75 Å². The van der Waals surface area contributed by atoms with Gasteiger partial charge in [0.15, 0.2) is 0 Å². The third kappa shape index (κ3) is 1.58. The molecular weight excluding hydrogens is 190 g/mol. The van der Waals surface area contributed by atoms with E-state index in [-0.39, 0.29) is 11.8 Å². The number of fused-ring (bicyclic) bond motifs is 1. The number of rotatable bonds is 2. The summed E-state index contributed by atoms with van der Waals surface area (Å²) in [6.07, 6.45) is 3.01. The lowest BCUT2D eigenvalue weighted by molar-refractivity contribution is -0.117. The summed E-state index contributed by atoms with van der Waals surface area (Å²) in [5.74, 6) is 1.24. The van der Waals surface area contributed by atoms with E-state index in [0.717, 1.165) is 37.3 Å². The summed E-state index contributed by atoms with van der Waals surface area (Å²) in [4.78, 5) is 11.6. The fourth-order valence-corrected chi connectivity index (χ4v) is 1.89. The Balaban J connectivity index is 1.85. The van der Waals surface area contributed by atoms with Crippen molar-refractivity contribution in [1.29, 1.82) is 0 Å². The Labute approximate surface area is 88.4 Å². The van der Waals surface area contributed by atoms with Crippen LogP contribution in [0.4, 0.5) is 5.69 Å². The van der Waals surface area contributed by atoms with Gasteiger partial charge in [-0.2, -0.15) is 0 Å². The van der Waals surface area contributed by atoms with Crippen molar-refractivity contribution in [3.05, 3.63) is 23.8 Å². The molecule has 1 fully saturated rings. The van der Waals surface area contributed by atoms with Gasteiger partial charge in [-0.05, 0) is 24.5 Å². The lowest BCUT2D eigenvalue weighted by Gasteiger charge is -2.08. The van der Waals surface area contributed by atoms with Gasteiger partial charge in [-0.3, -0.25) is 4.79 Å². The second kappa shape index (κ2) is 3.26. The topological polar surface area (TPSA) is 38.3 Å². The summed E-state index contributed by atoms with van der Waals surface area (Å²) in [6, 6.07) is 5.93. The van der Waals surface area contributed by atoms with Gasteiger partial charge in [-0.15, -0.1) is 0 Å². The molecule has 0 saturated heterocycles. The highest BCUT2D eigenvalue weighted by atomic mass is 16.5. The molecule has 1 saturated carbocycles. The Bertz CT molecular complexity index is 410. The predicted molar refractivity (Wildman–Crippen MR) is 57.0 cm³/mol. The van der Waals surface area contributed by atoms with Gasteiger partial charge in [0, 0.05) is 12.3 Å². The van der Waals surface area contributed by atoms with Gasteiger partial charge >= 0.3 is 0 Å². The van der Waals surface area contributed by atoms with E-state index < -0.39 is 0 Å². The first-order valence-corrected chi connectivity index (χ1v) is 5.40. The van der Waals surface area contributed by atoms with E-state index in [4.69, 9.17) is 4.74 Å². The molecule has 0 aromatic heterocycles. The zero-order chi connectivity index (χ0) is 10.3. The van der Waals surface area contributed by atoms with Crippen LogP contribution in [0.3, 0.4) is 0 Å². The average Bonchev–Trinajstić information content (AvgIpc) is 2.97. The summed E-state index contributed by atoms with van der Waals surface area (Å²) >= 11 is 0. The molecule has 15 heavy (non-hydrogen) atoms. The normalized spacial score (nSPS) is 18.1. The van der Waals surface area contributed by atoms with E-state index in [1.165, 1.54) is 5.56 Å².